The van der Waals surface area contributed by atoms with E-state index in [1.165, 1.54) is 5.56 Å². The van der Waals surface area contributed by atoms with E-state index >= 15 is 0 Å². The van der Waals surface area contributed by atoms with Crippen LogP contribution in [0, 0.1) is 12.8 Å². The fourth-order valence-corrected chi connectivity index (χ4v) is 3.91. The van der Waals surface area contributed by atoms with Crippen molar-refractivity contribution in [1.82, 2.24) is 14.3 Å². The number of fused-ring (bicyclic) bond motifs is 1. The van der Waals surface area contributed by atoms with Crippen LogP contribution in [-0.4, -0.2) is 39.3 Å². The number of ether oxygens (including phenoxy) is 1. The SMILES string of the molecule is Cc1ccc2nc(COc3cccc(C(=O)N4CCCC(C(C)N)C4)c3)cn2c1.Cl.Cl. The van der Waals surface area contributed by atoms with Crippen LogP contribution >= 0.6 is 24.8 Å². The van der Waals surface area contributed by atoms with Crippen LogP contribution < -0.4 is 10.5 Å². The molecule has 1 aliphatic rings. The van der Waals surface area contributed by atoms with E-state index < -0.39 is 0 Å². The van der Waals surface area contributed by atoms with Gasteiger partial charge in [0, 0.05) is 37.1 Å². The maximum absolute atomic E-state index is 13.0. The molecule has 0 spiro atoms. The minimum atomic E-state index is 0. The lowest BCUT2D eigenvalue weighted by Gasteiger charge is -2.34. The molecule has 31 heavy (non-hydrogen) atoms. The second-order valence-electron chi connectivity index (χ2n) is 8.03. The number of benzene rings is 1. The van der Waals surface area contributed by atoms with Crippen molar-refractivity contribution in [1.29, 1.82) is 0 Å². The Bertz CT molecular complexity index is 1020. The highest BCUT2D eigenvalue weighted by molar-refractivity contribution is 5.94. The number of nitrogens with zero attached hydrogens (tertiary/aromatic N) is 3. The molecule has 1 fully saturated rings. The number of nitrogens with two attached hydrogens (primary N) is 1. The zero-order valence-electron chi connectivity index (χ0n) is 17.9. The maximum atomic E-state index is 13.0. The molecule has 2 N–H and O–H groups in total. The van der Waals surface area contributed by atoms with Gasteiger partial charge in [0.25, 0.3) is 5.91 Å². The largest absolute Gasteiger partial charge is 0.487 e. The maximum Gasteiger partial charge on any atom is 0.253 e. The van der Waals surface area contributed by atoms with Gasteiger partial charge in [0.05, 0.1) is 5.69 Å². The summed E-state index contributed by atoms with van der Waals surface area (Å²) in [6.07, 6.45) is 6.10. The van der Waals surface area contributed by atoms with Crippen molar-refractivity contribution in [2.45, 2.75) is 39.3 Å². The second-order valence-corrected chi connectivity index (χ2v) is 8.03. The molecule has 1 saturated heterocycles. The topological polar surface area (TPSA) is 72.9 Å². The summed E-state index contributed by atoms with van der Waals surface area (Å²) in [6, 6.07) is 11.5. The van der Waals surface area contributed by atoms with Gasteiger partial charge in [0.1, 0.15) is 18.0 Å². The van der Waals surface area contributed by atoms with Crippen LogP contribution in [0.25, 0.3) is 5.65 Å². The number of carbonyl (C=O) groups is 1. The van der Waals surface area contributed by atoms with Crippen molar-refractivity contribution in [2.24, 2.45) is 11.7 Å². The van der Waals surface area contributed by atoms with Crippen molar-refractivity contribution >= 4 is 36.4 Å². The molecule has 2 unspecified atom stereocenters. The lowest BCUT2D eigenvalue weighted by molar-refractivity contribution is 0.0660. The van der Waals surface area contributed by atoms with Gasteiger partial charge in [-0.25, -0.2) is 4.98 Å². The molecule has 1 aliphatic heterocycles. The van der Waals surface area contributed by atoms with Crippen LogP contribution in [0.5, 0.6) is 5.75 Å². The van der Waals surface area contributed by atoms with Gasteiger partial charge in [-0.15, -0.1) is 24.8 Å². The molecule has 1 amide bonds. The van der Waals surface area contributed by atoms with Crippen LogP contribution in [-0.2, 0) is 6.61 Å². The summed E-state index contributed by atoms with van der Waals surface area (Å²) in [7, 11) is 0. The molecule has 0 aliphatic carbocycles. The Balaban J connectivity index is 0.00000171. The van der Waals surface area contributed by atoms with Crippen molar-refractivity contribution in [3.8, 4) is 5.75 Å². The van der Waals surface area contributed by atoms with Crippen molar-refractivity contribution < 1.29 is 9.53 Å². The third-order valence-corrected chi connectivity index (χ3v) is 5.61. The molecule has 2 atom stereocenters. The third kappa shape index (κ3) is 5.91. The molecule has 0 bridgehead atoms. The predicted molar refractivity (Wildman–Crippen MR) is 127 cm³/mol. The molecule has 2 aromatic heterocycles. The number of likely N-dealkylation sites (tertiary alicyclic amines) is 1. The van der Waals surface area contributed by atoms with Gasteiger partial charge in [-0.2, -0.15) is 0 Å². The zero-order chi connectivity index (χ0) is 20.4. The smallest absolute Gasteiger partial charge is 0.253 e. The standard InChI is InChI=1S/C23H28N4O2.2ClH/c1-16-8-9-22-25-20(14-27(22)12-16)15-29-21-7-3-5-18(11-21)23(28)26-10-4-6-19(13-26)17(2)24;;/h3,5,7-9,11-12,14,17,19H,4,6,10,13,15,24H2,1-2H3;2*1H. The van der Waals surface area contributed by atoms with Gasteiger partial charge >= 0.3 is 0 Å². The third-order valence-electron chi connectivity index (χ3n) is 5.61. The molecule has 1 aromatic carbocycles. The van der Waals surface area contributed by atoms with Crippen LogP contribution in [0.4, 0.5) is 0 Å². The molecular formula is C23H30Cl2N4O2. The number of hydrogen-bond acceptors (Lipinski definition) is 4. The van der Waals surface area contributed by atoms with Crippen molar-refractivity contribution in [3.05, 3.63) is 65.6 Å². The van der Waals surface area contributed by atoms with E-state index in [1.54, 1.807) is 0 Å². The molecule has 3 aromatic rings. The molecule has 0 radical (unpaired) electrons. The van der Waals surface area contributed by atoms with Crippen LogP contribution in [0.15, 0.2) is 48.8 Å². The Kier molecular flexibility index (Phi) is 8.74. The molecule has 8 heteroatoms. The van der Waals surface area contributed by atoms with Gasteiger partial charge in [-0.05, 0) is 62.4 Å². The molecule has 168 valence electrons. The summed E-state index contributed by atoms with van der Waals surface area (Å²) in [5.74, 6) is 1.08. The van der Waals surface area contributed by atoms with Gasteiger partial charge < -0.3 is 19.8 Å². The number of carbonyl (C=O) groups excluding carboxylic acids is 1. The molecule has 6 nitrogen and oxygen atoms in total. The number of amides is 1. The Morgan fingerprint density at radius 3 is 2.84 bits per heavy atom. The van der Waals surface area contributed by atoms with Gasteiger partial charge in [0.2, 0.25) is 0 Å². The fraction of sp³-hybridized carbons (Fsp3) is 0.391. The lowest BCUT2D eigenvalue weighted by Crippen LogP contribution is -2.45. The number of aromatic nitrogens is 2. The van der Waals surface area contributed by atoms with Crippen LogP contribution in [0.1, 0.15) is 41.4 Å². The minimum Gasteiger partial charge on any atom is -0.487 e. The number of aryl methyl sites for hydroxylation is 1. The highest BCUT2D eigenvalue weighted by Crippen LogP contribution is 2.22. The first-order valence-electron chi connectivity index (χ1n) is 10.2. The second kappa shape index (κ2) is 10.8. The average Bonchev–Trinajstić information content (AvgIpc) is 3.14. The molecule has 3 heterocycles. The Morgan fingerprint density at radius 1 is 1.26 bits per heavy atom. The predicted octanol–water partition coefficient (Wildman–Crippen LogP) is 4.26. The number of halogens is 2. The Hall–Kier alpha value is -2.28. The van der Waals surface area contributed by atoms with Crippen LogP contribution in [0.3, 0.4) is 0 Å². The first-order valence-corrected chi connectivity index (χ1v) is 10.2. The van der Waals surface area contributed by atoms with Crippen molar-refractivity contribution in [3.63, 3.8) is 0 Å². The number of rotatable bonds is 5. The summed E-state index contributed by atoms with van der Waals surface area (Å²) in [4.78, 5) is 19.5. The molecular weight excluding hydrogens is 435 g/mol. The summed E-state index contributed by atoms with van der Waals surface area (Å²) in [5.41, 5.74) is 9.63. The Labute approximate surface area is 195 Å². The number of pyridine rings is 1. The quantitative estimate of drug-likeness (QED) is 0.611. The van der Waals surface area contributed by atoms with E-state index in [1.807, 2.05) is 65.0 Å². The average molecular weight is 465 g/mol. The number of imidazole rings is 1. The minimum absolute atomic E-state index is 0. The lowest BCUT2D eigenvalue weighted by atomic mass is 9.92. The van der Waals surface area contributed by atoms with E-state index in [4.69, 9.17) is 10.5 Å². The first-order chi connectivity index (χ1) is 14.0. The zero-order valence-corrected chi connectivity index (χ0v) is 19.5. The van der Waals surface area contributed by atoms with Gasteiger partial charge in [0.15, 0.2) is 0 Å². The van der Waals surface area contributed by atoms with E-state index in [-0.39, 0.29) is 36.8 Å². The summed E-state index contributed by atoms with van der Waals surface area (Å²) < 4.78 is 7.92. The fourth-order valence-electron chi connectivity index (χ4n) is 3.91. The highest BCUT2D eigenvalue weighted by atomic mass is 35.5. The highest BCUT2D eigenvalue weighted by Gasteiger charge is 2.26. The number of piperidine rings is 1. The first kappa shape index (κ1) is 25.0. The Morgan fingerprint density at radius 2 is 2.06 bits per heavy atom. The summed E-state index contributed by atoms with van der Waals surface area (Å²) in [5, 5.41) is 0. The normalized spacial score (nSPS) is 16.9. The van der Waals surface area contributed by atoms with Crippen LogP contribution in [0.2, 0.25) is 0 Å². The summed E-state index contributed by atoms with van der Waals surface area (Å²) >= 11 is 0. The monoisotopic (exact) mass is 464 g/mol. The van der Waals surface area contributed by atoms with E-state index in [0.29, 0.717) is 23.8 Å². The van der Waals surface area contributed by atoms with Gasteiger partial charge in [-0.1, -0.05) is 12.1 Å². The molecule has 0 saturated carbocycles. The van der Waals surface area contributed by atoms with E-state index in [2.05, 4.69) is 11.9 Å². The summed E-state index contributed by atoms with van der Waals surface area (Å²) in [6.45, 7) is 5.94. The number of hydrogen-bond donors (Lipinski definition) is 1. The van der Waals surface area contributed by atoms with Gasteiger partial charge in [-0.3, -0.25) is 4.79 Å². The van der Waals surface area contributed by atoms with E-state index in [0.717, 1.165) is 37.3 Å². The van der Waals surface area contributed by atoms with Crippen molar-refractivity contribution in [2.75, 3.05) is 13.1 Å². The van der Waals surface area contributed by atoms with E-state index in [9.17, 15) is 4.79 Å². The molecule has 4 rings (SSSR count).